The van der Waals surface area contributed by atoms with E-state index >= 15 is 0 Å². The fourth-order valence-corrected chi connectivity index (χ4v) is 5.83. The van der Waals surface area contributed by atoms with Gasteiger partial charge in [-0.15, -0.1) is 0 Å². The second-order valence-corrected chi connectivity index (χ2v) is 10.0. The van der Waals surface area contributed by atoms with Gasteiger partial charge in [-0.1, -0.05) is 24.6 Å². The minimum absolute atomic E-state index is 0.0272. The van der Waals surface area contributed by atoms with Gasteiger partial charge >= 0.3 is 0 Å². The number of carbonyl (C=O) groups is 1. The maximum Gasteiger partial charge on any atom is 0.217 e. The fourth-order valence-electron chi connectivity index (χ4n) is 5.83. The zero-order valence-electron chi connectivity index (χ0n) is 20.2. The minimum atomic E-state index is -0.276. The van der Waals surface area contributed by atoms with Gasteiger partial charge in [-0.3, -0.25) is 4.79 Å². The van der Waals surface area contributed by atoms with Crippen LogP contribution in [0.5, 0.6) is 5.75 Å². The van der Waals surface area contributed by atoms with Crippen LogP contribution in [0.2, 0.25) is 0 Å². The van der Waals surface area contributed by atoms with Crippen molar-refractivity contribution in [2.24, 2.45) is 11.8 Å². The van der Waals surface area contributed by atoms with Crippen molar-refractivity contribution in [3.63, 3.8) is 0 Å². The molecule has 0 unspecified atom stereocenters. The number of hydrogen-bond acceptors (Lipinski definition) is 5. The van der Waals surface area contributed by atoms with E-state index in [1.807, 2.05) is 19.9 Å². The molecule has 1 amide bonds. The molecular weight excluding hydrogens is 404 g/mol. The van der Waals surface area contributed by atoms with Crippen molar-refractivity contribution in [1.82, 2.24) is 10.5 Å². The highest BCUT2D eigenvalue weighted by Crippen LogP contribution is 2.48. The summed E-state index contributed by atoms with van der Waals surface area (Å²) in [7, 11) is 1.70. The van der Waals surface area contributed by atoms with Gasteiger partial charge < -0.3 is 19.3 Å². The fraction of sp³-hybridized carbons (Fsp3) is 0.615. The standard InChI is InChI=1S/C26H36N2O4/c1-15-7-9-22-24(11-15)31-25(14-26(22,5)27-18(4)29)19-8-10-23(30-6)20(12-19)13-21-16(2)28-32-17(21)3/h8,10,12,15,22,24-25H,7,9,11,13-14H2,1-6H3,(H,27,29)/t15-,22-,24-,25-,26-/m1/s1. The highest BCUT2D eigenvalue weighted by Gasteiger charge is 2.49. The monoisotopic (exact) mass is 440 g/mol. The molecule has 5 atom stereocenters. The first-order valence-corrected chi connectivity index (χ1v) is 11.7. The molecule has 174 valence electrons. The highest BCUT2D eigenvalue weighted by atomic mass is 16.5. The number of benzene rings is 1. The molecule has 0 radical (unpaired) electrons. The van der Waals surface area contributed by atoms with Crippen LogP contribution in [-0.4, -0.2) is 29.8 Å². The smallest absolute Gasteiger partial charge is 0.217 e. The van der Waals surface area contributed by atoms with E-state index in [0.717, 1.165) is 53.2 Å². The summed E-state index contributed by atoms with van der Waals surface area (Å²) >= 11 is 0. The highest BCUT2D eigenvalue weighted by molar-refractivity contribution is 5.73. The third-order valence-electron chi connectivity index (χ3n) is 7.51. The molecule has 1 saturated carbocycles. The Morgan fingerprint density at radius 1 is 1.31 bits per heavy atom. The number of methoxy groups -OCH3 is 1. The predicted octanol–water partition coefficient (Wildman–Crippen LogP) is 5.05. The minimum Gasteiger partial charge on any atom is -0.496 e. The average Bonchev–Trinajstić information content (AvgIpc) is 3.04. The van der Waals surface area contributed by atoms with Gasteiger partial charge in [-0.2, -0.15) is 0 Å². The summed E-state index contributed by atoms with van der Waals surface area (Å²) in [5.74, 6) is 2.69. The molecule has 4 rings (SSSR count). The third kappa shape index (κ3) is 4.42. The van der Waals surface area contributed by atoms with Gasteiger partial charge in [0.05, 0.1) is 25.0 Å². The summed E-state index contributed by atoms with van der Waals surface area (Å²) in [6, 6.07) is 6.31. The molecule has 0 spiro atoms. The molecule has 2 aliphatic rings. The zero-order chi connectivity index (χ0) is 23.0. The maximum atomic E-state index is 12.1. The number of aromatic nitrogens is 1. The van der Waals surface area contributed by atoms with E-state index in [1.54, 1.807) is 14.0 Å². The van der Waals surface area contributed by atoms with Crippen LogP contribution in [0.15, 0.2) is 22.7 Å². The summed E-state index contributed by atoms with van der Waals surface area (Å²) < 4.78 is 17.7. The summed E-state index contributed by atoms with van der Waals surface area (Å²) in [4.78, 5) is 12.1. The Morgan fingerprint density at radius 3 is 2.75 bits per heavy atom. The summed E-state index contributed by atoms with van der Waals surface area (Å²) in [5.41, 5.74) is 3.93. The Hall–Kier alpha value is -2.34. The Bertz CT molecular complexity index is 965. The number of ether oxygens (including phenoxy) is 2. The number of nitrogens with one attached hydrogen (secondary N) is 1. The molecule has 1 aromatic heterocycles. The summed E-state index contributed by atoms with van der Waals surface area (Å²) in [6.07, 6.45) is 4.85. The lowest BCUT2D eigenvalue weighted by Gasteiger charge is -2.52. The first-order chi connectivity index (χ1) is 15.2. The number of nitrogens with zero attached hydrogens (tertiary/aromatic N) is 1. The molecule has 6 nitrogen and oxygen atoms in total. The molecule has 2 heterocycles. The number of carbonyl (C=O) groups excluding carboxylic acids is 1. The molecule has 1 aromatic carbocycles. The normalized spacial score (nSPS) is 29.9. The zero-order valence-corrected chi connectivity index (χ0v) is 20.2. The van der Waals surface area contributed by atoms with Crippen molar-refractivity contribution >= 4 is 5.91 Å². The molecule has 1 aliphatic heterocycles. The van der Waals surface area contributed by atoms with Crippen molar-refractivity contribution in [2.45, 2.75) is 84.5 Å². The predicted molar refractivity (Wildman–Crippen MR) is 123 cm³/mol. The van der Waals surface area contributed by atoms with Crippen LogP contribution in [0.3, 0.4) is 0 Å². The molecule has 0 bridgehead atoms. The first kappa shape index (κ1) is 22.8. The van der Waals surface area contributed by atoms with E-state index in [-0.39, 0.29) is 23.7 Å². The Kier molecular flexibility index (Phi) is 6.35. The van der Waals surface area contributed by atoms with E-state index in [2.05, 4.69) is 36.5 Å². The summed E-state index contributed by atoms with van der Waals surface area (Å²) in [6.45, 7) is 10.0. The van der Waals surface area contributed by atoms with Crippen LogP contribution in [-0.2, 0) is 16.0 Å². The molecule has 1 aliphatic carbocycles. The molecule has 32 heavy (non-hydrogen) atoms. The number of aryl methyl sites for hydroxylation is 2. The third-order valence-corrected chi connectivity index (χ3v) is 7.51. The lowest BCUT2D eigenvalue weighted by Crippen LogP contribution is -2.60. The molecule has 6 heteroatoms. The van der Waals surface area contributed by atoms with Crippen LogP contribution >= 0.6 is 0 Å². The van der Waals surface area contributed by atoms with Gasteiger partial charge in [0, 0.05) is 36.8 Å². The van der Waals surface area contributed by atoms with Gasteiger partial charge in [0.25, 0.3) is 0 Å². The second-order valence-electron chi connectivity index (χ2n) is 10.0. The van der Waals surface area contributed by atoms with Crippen LogP contribution < -0.4 is 10.1 Å². The van der Waals surface area contributed by atoms with Crippen molar-refractivity contribution < 1.29 is 18.8 Å². The summed E-state index contributed by atoms with van der Waals surface area (Å²) in [5, 5.41) is 7.39. The van der Waals surface area contributed by atoms with Crippen LogP contribution in [0, 0.1) is 25.7 Å². The van der Waals surface area contributed by atoms with E-state index in [1.165, 1.54) is 6.42 Å². The second kappa shape index (κ2) is 8.89. The van der Waals surface area contributed by atoms with E-state index in [9.17, 15) is 4.79 Å². The lowest BCUT2D eigenvalue weighted by molar-refractivity contribution is -0.153. The largest absolute Gasteiger partial charge is 0.496 e. The number of rotatable bonds is 5. The van der Waals surface area contributed by atoms with Crippen molar-refractivity contribution in [3.8, 4) is 5.75 Å². The average molecular weight is 441 g/mol. The first-order valence-electron chi connectivity index (χ1n) is 11.7. The van der Waals surface area contributed by atoms with E-state index in [0.29, 0.717) is 18.3 Å². The Morgan fingerprint density at radius 2 is 2.09 bits per heavy atom. The van der Waals surface area contributed by atoms with Crippen LogP contribution in [0.25, 0.3) is 0 Å². The van der Waals surface area contributed by atoms with Crippen LogP contribution in [0.4, 0.5) is 0 Å². The molecule has 2 fully saturated rings. The maximum absolute atomic E-state index is 12.1. The topological polar surface area (TPSA) is 73.6 Å². The quantitative estimate of drug-likeness (QED) is 0.704. The van der Waals surface area contributed by atoms with Crippen molar-refractivity contribution in [1.29, 1.82) is 0 Å². The van der Waals surface area contributed by atoms with Gasteiger partial charge in [-0.05, 0) is 62.8 Å². The van der Waals surface area contributed by atoms with E-state index < -0.39 is 0 Å². The Labute approximate surface area is 191 Å². The molecule has 1 N–H and O–H groups in total. The molecular formula is C26H36N2O4. The van der Waals surface area contributed by atoms with E-state index in [4.69, 9.17) is 14.0 Å². The number of amides is 1. The molecule has 2 aromatic rings. The van der Waals surface area contributed by atoms with Crippen molar-refractivity contribution in [3.05, 3.63) is 46.3 Å². The number of fused-ring (bicyclic) bond motifs is 1. The van der Waals surface area contributed by atoms with Crippen molar-refractivity contribution in [2.75, 3.05) is 7.11 Å². The van der Waals surface area contributed by atoms with Crippen LogP contribution in [0.1, 0.15) is 80.7 Å². The van der Waals surface area contributed by atoms with Gasteiger partial charge in [0.15, 0.2) is 0 Å². The SMILES string of the molecule is COc1ccc([C@H]2C[C@@](C)(NC(C)=O)[C@@H]3CC[C@@H](C)C[C@H]3O2)cc1Cc1c(C)noc1C. The number of hydrogen-bond donors (Lipinski definition) is 1. The Balaban J connectivity index is 1.66. The molecule has 1 saturated heterocycles. The lowest BCUT2D eigenvalue weighted by atomic mass is 9.66. The van der Waals surface area contributed by atoms with Gasteiger partial charge in [0.2, 0.25) is 5.91 Å². The van der Waals surface area contributed by atoms with Gasteiger partial charge in [0.1, 0.15) is 11.5 Å². The van der Waals surface area contributed by atoms with Gasteiger partial charge in [-0.25, -0.2) is 0 Å².